The van der Waals surface area contributed by atoms with Crippen LogP contribution in [0, 0.1) is 5.82 Å². The number of carbonyl (C=O) groups excluding carboxylic acids is 1. The zero-order chi connectivity index (χ0) is 22.9. The number of likely N-dealkylation sites (tertiary alicyclic amines) is 1. The van der Waals surface area contributed by atoms with Gasteiger partial charge in [-0.15, -0.1) is 0 Å². The number of amides is 1. The van der Waals surface area contributed by atoms with E-state index >= 15 is 0 Å². The number of β-amino-alcohol motifs (C(OH)–C–C–N with tert-alkyl or cyclic N) is 1. The fourth-order valence-corrected chi connectivity index (χ4v) is 4.68. The molecule has 2 N–H and O–H groups in total. The van der Waals surface area contributed by atoms with E-state index in [1.54, 1.807) is 24.3 Å². The number of pyridine rings is 1. The van der Waals surface area contributed by atoms with Crippen molar-refractivity contribution in [3.05, 3.63) is 54.1 Å². The molecule has 8 heteroatoms. The van der Waals surface area contributed by atoms with Gasteiger partial charge in [0.1, 0.15) is 17.2 Å². The fraction of sp³-hybridized carbons (Fsp3) is 0.360. The number of halogens is 1. The van der Waals surface area contributed by atoms with Crippen molar-refractivity contribution in [2.45, 2.75) is 18.9 Å². The molecule has 0 aliphatic carbocycles. The average Bonchev–Trinajstić information content (AvgIpc) is 3.46. The first-order chi connectivity index (χ1) is 16.0. The van der Waals surface area contributed by atoms with Gasteiger partial charge in [0.2, 0.25) is 5.91 Å². The third-order valence-corrected chi connectivity index (χ3v) is 6.50. The molecule has 2 aliphatic rings. The number of nitrogens with zero attached hydrogens (tertiary/aromatic N) is 3. The highest BCUT2D eigenvalue weighted by Gasteiger charge is 2.26. The average molecular weight is 451 g/mol. The van der Waals surface area contributed by atoms with Crippen molar-refractivity contribution in [2.75, 3.05) is 39.8 Å². The first kappa shape index (κ1) is 21.6. The Morgan fingerprint density at radius 3 is 2.88 bits per heavy atom. The van der Waals surface area contributed by atoms with Crippen molar-refractivity contribution >= 4 is 22.5 Å². The number of rotatable bonds is 5. The number of aromatic amines is 1. The second-order valence-electron chi connectivity index (χ2n) is 8.65. The molecule has 172 valence electrons. The number of carbonyl (C=O) groups is 1. The predicted octanol–water partition coefficient (Wildman–Crippen LogP) is 3.06. The summed E-state index contributed by atoms with van der Waals surface area (Å²) in [6, 6.07) is 8.43. The Bertz CT molecular complexity index is 1220. The number of methoxy groups -OCH3 is 1. The highest BCUT2D eigenvalue weighted by atomic mass is 19.1. The molecule has 0 radical (unpaired) electrons. The lowest BCUT2D eigenvalue weighted by atomic mass is 10.0. The third-order valence-electron chi connectivity index (χ3n) is 6.50. The normalized spacial score (nSPS) is 19.2. The van der Waals surface area contributed by atoms with Crippen LogP contribution >= 0.6 is 0 Å². The minimum atomic E-state index is -0.394. The first-order valence-electron chi connectivity index (χ1n) is 11.2. The van der Waals surface area contributed by atoms with E-state index in [0.717, 1.165) is 35.3 Å². The molecule has 1 atom stereocenters. The van der Waals surface area contributed by atoms with Crippen LogP contribution in [0.15, 0.2) is 42.6 Å². The van der Waals surface area contributed by atoms with Crippen LogP contribution in [0.4, 0.5) is 4.39 Å². The van der Waals surface area contributed by atoms with E-state index in [-0.39, 0.29) is 11.7 Å². The lowest BCUT2D eigenvalue weighted by Crippen LogP contribution is -2.41. The number of hydrogen-bond donors (Lipinski definition) is 2. The summed E-state index contributed by atoms with van der Waals surface area (Å²) < 4.78 is 19.4. The van der Waals surface area contributed by atoms with E-state index < -0.39 is 6.10 Å². The molecule has 1 aromatic carbocycles. The lowest BCUT2D eigenvalue weighted by Gasteiger charge is -2.27. The molecule has 7 nitrogen and oxygen atoms in total. The van der Waals surface area contributed by atoms with Crippen LogP contribution in [0.2, 0.25) is 0 Å². The molecule has 1 saturated heterocycles. The van der Waals surface area contributed by atoms with Crippen LogP contribution in [0.5, 0.6) is 5.75 Å². The van der Waals surface area contributed by atoms with Crippen LogP contribution in [-0.4, -0.2) is 76.7 Å². The molecule has 33 heavy (non-hydrogen) atoms. The molecule has 1 amide bonds. The summed E-state index contributed by atoms with van der Waals surface area (Å²) in [5.74, 6) is 0.362. The largest absolute Gasteiger partial charge is 0.496 e. The topological polar surface area (TPSA) is 81.7 Å². The van der Waals surface area contributed by atoms with Crippen molar-refractivity contribution in [1.29, 1.82) is 0 Å². The van der Waals surface area contributed by atoms with E-state index in [1.807, 2.05) is 6.07 Å². The van der Waals surface area contributed by atoms with Crippen molar-refractivity contribution in [3.63, 3.8) is 0 Å². The van der Waals surface area contributed by atoms with Crippen LogP contribution in [0.1, 0.15) is 18.5 Å². The SMILES string of the molecule is COc1ccc(F)cc1-c1ccnc2[nH]c(C3=CCN(CC(=O)N4CC[C@H](O)C4)CC3)cc12. The first-order valence-corrected chi connectivity index (χ1v) is 11.2. The van der Waals surface area contributed by atoms with Crippen LogP contribution < -0.4 is 4.74 Å². The van der Waals surface area contributed by atoms with Gasteiger partial charge in [-0.25, -0.2) is 9.37 Å². The Morgan fingerprint density at radius 2 is 2.15 bits per heavy atom. The molecule has 0 unspecified atom stereocenters. The van der Waals surface area contributed by atoms with E-state index in [0.29, 0.717) is 43.9 Å². The smallest absolute Gasteiger partial charge is 0.236 e. The number of H-pyrrole nitrogens is 1. The molecule has 1 fully saturated rings. The molecule has 2 aliphatic heterocycles. The minimum absolute atomic E-state index is 0.0758. The third kappa shape index (κ3) is 4.36. The van der Waals surface area contributed by atoms with E-state index in [1.165, 1.54) is 17.7 Å². The van der Waals surface area contributed by atoms with Gasteiger partial charge in [-0.05, 0) is 54.3 Å². The number of ether oxygens (including phenoxy) is 1. The van der Waals surface area contributed by atoms with Gasteiger partial charge >= 0.3 is 0 Å². The summed E-state index contributed by atoms with van der Waals surface area (Å²) in [5.41, 5.74) is 4.43. The predicted molar refractivity (Wildman–Crippen MR) is 124 cm³/mol. The van der Waals surface area contributed by atoms with E-state index in [4.69, 9.17) is 4.74 Å². The number of aliphatic hydroxyl groups excluding tert-OH is 1. The van der Waals surface area contributed by atoms with Gasteiger partial charge in [0.25, 0.3) is 0 Å². The Labute approximate surface area is 191 Å². The number of benzene rings is 1. The van der Waals surface area contributed by atoms with Gasteiger partial charge in [-0.1, -0.05) is 6.08 Å². The van der Waals surface area contributed by atoms with Crippen molar-refractivity contribution < 1.29 is 19.0 Å². The maximum absolute atomic E-state index is 14.0. The zero-order valence-electron chi connectivity index (χ0n) is 18.6. The summed E-state index contributed by atoms with van der Waals surface area (Å²) in [4.78, 5) is 24.2. The summed E-state index contributed by atoms with van der Waals surface area (Å²) in [5, 5.41) is 10.6. The summed E-state index contributed by atoms with van der Waals surface area (Å²) in [6.45, 7) is 2.91. The van der Waals surface area contributed by atoms with Gasteiger partial charge in [0.15, 0.2) is 0 Å². The van der Waals surface area contributed by atoms with Gasteiger partial charge < -0.3 is 19.7 Å². The van der Waals surface area contributed by atoms with Crippen LogP contribution in [-0.2, 0) is 4.79 Å². The monoisotopic (exact) mass is 450 g/mol. The Kier molecular flexibility index (Phi) is 5.86. The molecular weight excluding hydrogens is 423 g/mol. The molecule has 4 heterocycles. The molecule has 0 saturated carbocycles. The Balaban J connectivity index is 1.36. The molecule has 0 spiro atoms. The second kappa shape index (κ2) is 8.96. The van der Waals surface area contributed by atoms with Crippen molar-refractivity contribution in [3.8, 4) is 16.9 Å². The number of hydrogen-bond acceptors (Lipinski definition) is 5. The summed E-state index contributed by atoms with van der Waals surface area (Å²) in [7, 11) is 1.58. The van der Waals surface area contributed by atoms with Crippen LogP contribution in [0.3, 0.4) is 0 Å². The maximum atomic E-state index is 14.0. The Morgan fingerprint density at radius 1 is 1.27 bits per heavy atom. The van der Waals surface area contributed by atoms with Gasteiger partial charge in [-0.3, -0.25) is 9.69 Å². The van der Waals surface area contributed by atoms with Crippen LogP contribution in [0.25, 0.3) is 27.7 Å². The fourth-order valence-electron chi connectivity index (χ4n) is 4.68. The quantitative estimate of drug-likeness (QED) is 0.625. The van der Waals surface area contributed by atoms with E-state index in [2.05, 4.69) is 27.0 Å². The number of aliphatic hydroxyl groups is 1. The number of nitrogens with one attached hydrogen (secondary N) is 1. The maximum Gasteiger partial charge on any atom is 0.236 e. The summed E-state index contributed by atoms with van der Waals surface area (Å²) in [6.07, 6.45) is 4.92. The molecular formula is C25H27FN4O3. The van der Waals surface area contributed by atoms with Crippen molar-refractivity contribution in [2.24, 2.45) is 0 Å². The van der Waals surface area contributed by atoms with Gasteiger partial charge in [0.05, 0.1) is 19.8 Å². The molecule has 5 rings (SSSR count). The summed E-state index contributed by atoms with van der Waals surface area (Å²) >= 11 is 0. The highest BCUT2D eigenvalue weighted by Crippen LogP contribution is 2.36. The lowest BCUT2D eigenvalue weighted by molar-refractivity contribution is -0.131. The highest BCUT2D eigenvalue weighted by molar-refractivity contribution is 5.96. The Hall–Kier alpha value is -3.23. The van der Waals surface area contributed by atoms with Gasteiger partial charge in [0, 0.05) is 49.0 Å². The number of fused-ring (bicyclic) bond motifs is 1. The second-order valence-corrected chi connectivity index (χ2v) is 8.65. The standard InChI is InChI=1S/C25H27FN4O3/c1-33-23-3-2-17(26)12-20(23)19-4-8-27-25-21(19)13-22(28-25)16-5-9-29(10-6-16)15-24(32)30-11-7-18(31)14-30/h2-5,8,12-13,18,31H,6-7,9-11,14-15H2,1H3,(H,27,28)/t18-/m0/s1. The molecule has 0 bridgehead atoms. The minimum Gasteiger partial charge on any atom is -0.496 e. The van der Waals surface area contributed by atoms with Gasteiger partial charge in [-0.2, -0.15) is 0 Å². The molecule has 2 aromatic heterocycles. The number of aromatic nitrogens is 2. The zero-order valence-corrected chi connectivity index (χ0v) is 18.6. The molecule has 3 aromatic rings. The van der Waals surface area contributed by atoms with Crippen molar-refractivity contribution in [1.82, 2.24) is 19.8 Å². The van der Waals surface area contributed by atoms with E-state index in [9.17, 15) is 14.3 Å².